The second-order valence-corrected chi connectivity index (χ2v) is 5.45. The summed E-state index contributed by atoms with van der Waals surface area (Å²) in [6, 6.07) is 6.13. The molecule has 4 rings (SSSR count). The number of alkyl halides is 1. The van der Waals surface area contributed by atoms with Crippen LogP contribution in [-0.4, -0.2) is 43.5 Å². The highest BCUT2D eigenvalue weighted by Crippen LogP contribution is 2.39. The number of rotatable bonds is 2. The Morgan fingerprint density at radius 1 is 1.29 bits per heavy atom. The van der Waals surface area contributed by atoms with Crippen molar-refractivity contribution in [3.63, 3.8) is 0 Å². The maximum atomic E-state index is 6.08. The minimum absolute atomic E-state index is 0.143. The zero-order valence-corrected chi connectivity index (χ0v) is 12.2. The highest BCUT2D eigenvalue weighted by molar-refractivity contribution is 6.18. The van der Waals surface area contributed by atoms with Crippen LogP contribution in [-0.2, 0) is 4.74 Å². The molecule has 0 aliphatic carbocycles. The van der Waals surface area contributed by atoms with Gasteiger partial charge in [0, 0.05) is 24.0 Å². The number of aromatic nitrogens is 1. The van der Waals surface area contributed by atoms with E-state index in [1.165, 1.54) is 0 Å². The Balaban J connectivity index is 1.84. The van der Waals surface area contributed by atoms with Crippen LogP contribution in [0.15, 0.2) is 24.4 Å². The molecule has 3 heterocycles. The number of nitrogens with zero attached hydrogens (tertiary/aromatic N) is 2. The summed E-state index contributed by atoms with van der Waals surface area (Å²) in [6.07, 6.45) is 1.82. The lowest BCUT2D eigenvalue weighted by Gasteiger charge is -2.36. The third-order valence-corrected chi connectivity index (χ3v) is 4.27. The number of pyridine rings is 1. The molecule has 1 fully saturated rings. The normalized spacial score (nSPS) is 21.0. The molecule has 0 bridgehead atoms. The summed E-state index contributed by atoms with van der Waals surface area (Å²) < 4.78 is 16.4. The van der Waals surface area contributed by atoms with Crippen LogP contribution in [0, 0.1) is 0 Å². The topological polar surface area (TPSA) is 43.8 Å². The molecule has 2 aliphatic rings. The number of halogens is 1. The molecule has 1 aromatic heterocycles. The highest BCUT2D eigenvalue weighted by Gasteiger charge is 2.26. The van der Waals surface area contributed by atoms with Crippen LogP contribution in [0.5, 0.6) is 11.5 Å². The summed E-state index contributed by atoms with van der Waals surface area (Å²) in [5.74, 6) is 3.01. The number of benzene rings is 1. The molecule has 0 saturated carbocycles. The van der Waals surface area contributed by atoms with Crippen LogP contribution >= 0.6 is 11.6 Å². The lowest BCUT2D eigenvalue weighted by atomic mass is 10.1. The van der Waals surface area contributed by atoms with Crippen molar-refractivity contribution in [1.82, 2.24) is 4.98 Å². The molecule has 0 radical (unpaired) electrons. The molecule has 1 saturated heterocycles. The van der Waals surface area contributed by atoms with E-state index in [9.17, 15) is 0 Å². The van der Waals surface area contributed by atoms with Crippen molar-refractivity contribution in [2.75, 3.05) is 37.3 Å². The van der Waals surface area contributed by atoms with Crippen molar-refractivity contribution in [3.8, 4) is 11.5 Å². The van der Waals surface area contributed by atoms with Gasteiger partial charge >= 0.3 is 0 Å². The fraction of sp³-hybridized carbons (Fsp3) is 0.400. The largest absolute Gasteiger partial charge is 0.454 e. The molecule has 6 heteroatoms. The molecule has 2 aliphatic heterocycles. The SMILES string of the molecule is ClCC1COCCN1c1nccc2cc3c(cc12)OCO3. The van der Waals surface area contributed by atoms with Gasteiger partial charge in [0.05, 0.1) is 19.3 Å². The average molecular weight is 307 g/mol. The molecule has 0 spiro atoms. The van der Waals surface area contributed by atoms with Gasteiger partial charge in [0.2, 0.25) is 6.79 Å². The Hall–Kier alpha value is -1.72. The Labute approximate surface area is 127 Å². The van der Waals surface area contributed by atoms with Crippen molar-refractivity contribution in [1.29, 1.82) is 0 Å². The first kappa shape index (κ1) is 13.0. The molecule has 0 N–H and O–H groups in total. The van der Waals surface area contributed by atoms with E-state index in [0.717, 1.165) is 34.6 Å². The predicted molar refractivity (Wildman–Crippen MR) is 80.5 cm³/mol. The number of morpholine rings is 1. The minimum Gasteiger partial charge on any atom is -0.454 e. The molecule has 5 nitrogen and oxygen atoms in total. The lowest BCUT2D eigenvalue weighted by Crippen LogP contribution is -2.47. The fourth-order valence-corrected chi connectivity index (χ4v) is 3.09. The van der Waals surface area contributed by atoms with E-state index in [4.69, 9.17) is 25.8 Å². The summed E-state index contributed by atoms with van der Waals surface area (Å²) in [7, 11) is 0. The Morgan fingerprint density at radius 2 is 2.14 bits per heavy atom. The summed E-state index contributed by atoms with van der Waals surface area (Å²) >= 11 is 6.08. The van der Waals surface area contributed by atoms with E-state index < -0.39 is 0 Å². The zero-order valence-electron chi connectivity index (χ0n) is 11.4. The minimum atomic E-state index is 0.143. The van der Waals surface area contributed by atoms with E-state index in [-0.39, 0.29) is 12.8 Å². The summed E-state index contributed by atoms with van der Waals surface area (Å²) in [4.78, 5) is 6.79. The van der Waals surface area contributed by atoms with Gasteiger partial charge in [-0.1, -0.05) is 0 Å². The Morgan fingerprint density at radius 3 is 3.00 bits per heavy atom. The maximum absolute atomic E-state index is 6.08. The van der Waals surface area contributed by atoms with Crippen LogP contribution in [0.3, 0.4) is 0 Å². The van der Waals surface area contributed by atoms with Gasteiger partial charge in [0.25, 0.3) is 0 Å². The first-order chi connectivity index (χ1) is 10.4. The number of ether oxygens (including phenoxy) is 3. The maximum Gasteiger partial charge on any atom is 0.231 e. The number of fused-ring (bicyclic) bond motifs is 2. The molecule has 1 unspecified atom stereocenters. The fourth-order valence-electron chi connectivity index (χ4n) is 2.84. The molecule has 21 heavy (non-hydrogen) atoms. The second-order valence-electron chi connectivity index (χ2n) is 5.14. The first-order valence-corrected chi connectivity index (χ1v) is 7.49. The van der Waals surface area contributed by atoms with Crippen molar-refractivity contribution in [2.24, 2.45) is 0 Å². The predicted octanol–water partition coefficient (Wildman–Crippen LogP) is 2.41. The van der Waals surface area contributed by atoms with Gasteiger partial charge in [0.15, 0.2) is 11.5 Å². The highest BCUT2D eigenvalue weighted by atomic mass is 35.5. The van der Waals surface area contributed by atoms with Crippen LogP contribution in [0.4, 0.5) is 5.82 Å². The van der Waals surface area contributed by atoms with Crippen molar-refractivity contribution in [3.05, 3.63) is 24.4 Å². The van der Waals surface area contributed by atoms with Crippen LogP contribution < -0.4 is 14.4 Å². The molecule has 2 aromatic rings. The third kappa shape index (κ3) is 2.17. The van der Waals surface area contributed by atoms with Gasteiger partial charge in [-0.2, -0.15) is 0 Å². The summed E-state index contributed by atoms with van der Waals surface area (Å²) in [5.41, 5.74) is 0. The number of anilines is 1. The monoisotopic (exact) mass is 306 g/mol. The van der Waals surface area contributed by atoms with Crippen molar-refractivity contribution >= 4 is 28.2 Å². The van der Waals surface area contributed by atoms with Gasteiger partial charge in [0.1, 0.15) is 5.82 Å². The third-order valence-electron chi connectivity index (χ3n) is 3.91. The van der Waals surface area contributed by atoms with E-state index in [0.29, 0.717) is 19.1 Å². The Bertz CT molecular complexity index is 679. The molecule has 1 aromatic carbocycles. The van der Waals surface area contributed by atoms with Crippen LogP contribution in [0.25, 0.3) is 10.8 Å². The molecule has 110 valence electrons. The Kier molecular flexibility index (Phi) is 3.24. The van der Waals surface area contributed by atoms with Gasteiger partial charge < -0.3 is 19.1 Å². The number of hydrogen-bond donors (Lipinski definition) is 0. The molecule has 0 amide bonds. The lowest BCUT2D eigenvalue weighted by molar-refractivity contribution is 0.0995. The molecule has 1 atom stereocenters. The first-order valence-electron chi connectivity index (χ1n) is 6.95. The number of hydrogen-bond acceptors (Lipinski definition) is 5. The van der Waals surface area contributed by atoms with Crippen LogP contribution in [0.2, 0.25) is 0 Å². The summed E-state index contributed by atoms with van der Waals surface area (Å²) in [6.45, 7) is 2.39. The zero-order chi connectivity index (χ0) is 14.2. The smallest absolute Gasteiger partial charge is 0.231 e. The van der Waals surface area contributed by atoms with E-state index >= 15 is 0 Å². The van der Waals surface area contributed by atoms with Crippen LogP contribution in [0.1, 0.15) is 0 Å². The van der Waals surface area contributed by atoms with E-state index in [1.54, 1.807) is 0 Å². The van der Waals surface area contributed by atoms with Crippen molar-refractivity contribution in [2.45, 2.75) is 6.04 Å². The molecular formula is C15H15ClN2O3. The summed E-state index contributed by atoms with van der Waals surface area (Å²) in [5, 5.41) is 2.14. The quantitative estimate of drug-likeness (QED) is 0.797. The van der Waals surface area contributed by atoms with Crippen molar-refractivity contribution < 1.29 is 14.2 Å². The van der Waals surface area contributed by atoms with Gasteiger partial charge in [-0.15, -0.1) is 11.6 Å². The van der Waals surface area contributed by atoms with Gasteiger partial charge in [-0.25, -0.2) is 4.98 Å². The van der Waals surface area contributed by atoms with Gasteiger partial charge in [-0.05, 0) is 23.6 Å². The van der Waals surface area contributed by atoms with Gasteiger partial charge in [-0.3, -0.25) is 0 Å². The van der Waals surface area contributed by atoms with E-state index in [1.807, 2.05) is 24.4 Å². The molecular weight excluding hydrogens is 292 g/mol. The average Bonchev–Trinajstić information content (AvgIpc) is 2.99. The van der Waals surface area contributed by atoms with E-state index in [2.05, 4.69) is 9.88 Å². The second kappa shape index (κ2) is 5.24. The standard InChI is InChI=1S/C15H15ClN2O3/c16-7-11-8-19-4-3-18(11)15-12-6-14-13(20-9-21-14)5-10(12)1-2-17-15/h1-2,5-6,11H,3-4,7-9H2.